The zero-order chi connectivity index (χ0) is 14.2. The van der Waals surface area contributed by atoms with Gasteiger partial charge in [0.2, 0.25) is 0 Å². The first-order chi connectivity index (χ1) is 10.4. The number of nitrogens with zero attached hydrogens (tertiary/aromatic N) is 1. The first-order valence-electron chi connectivity index (χ1n) is 7.20. The van der Waals surface area contributed by atoms with Crippen LogP contribution in [0.3, 0.4) is 0 Å². The molecule has 0 unspecified atom stereocenters. The second-order valence-corrected chi connectivity index (χ2v) is 5.43. The lowest BCUT2D eigenvalue weighted by molar-refractivity contribution is 0.641. The smallest absolute Gasteiger partial charge is 0.0998 e. The molecule has 1 aliphatic rings. The largest absolute Gasteiger partial charge is 0.358 e. The molecule has 0 amide bonds. The number of hydrogen-bond acceptors (Lipinski definition) is 2. The van der Waals surface area contributed by atoms with E-state index in [9.17, 15) is 5.26 Å². The fraction of sp³-hybridized carbons (Fsp3) is 0.167. The zero-order valence-corrected chi connectivity index (χ0v) is 12.8. The van der Waals surface area contributed by atoms with Gasteiger partial charge in [-0.05, 0) is 34.9 Å². The summed E-state index contributed by atoms with van der Waals surface area (Å²) < 4.78 is 0. The Bertz CT molecular complexity index is 874. The summed E-state index contributed by atoms with van der Waals surface area (Å²) in [5.41, 5.74) is 6.72. The van der Waals surface area contributed by atoms with Gasteiger partial charge in [0, 0.05) is 36.1 Å². The Morgan fingerprint density at radius 3 is 2.82 bits per heavy atom. The van der Waals surface area contributed by atoms with Crippen LogP contribution in [-0.4, -0.2) is 11.5 Å². The fourth-order valence-electron chi connectivity index (χ4n) is 3.15. The molecule has 4 rings (SSSR count). The van der Waals surface area contributed by atoms with E-state index in [0.29, 0.717) is 0 Å². The number of nitrogens with one attached hydrogen (secondary N) is 2. The zero-order valence-electron chi connectivity index (χ0n) is 12.0. The van der Waals surface area contributed by atoms with Gasteiger partial charge in [-0.15, -0.1) is 12.4 Å². The third kappa shape index (κ3) is 2.27. The van der Waals surface area contributed by atoms with Gasteiger partial charge < -0.3 is 10.3 Å². The Morgan fingerprint density at radius 2 is 1.95 bits per heavy atom. The van der Waals surface area contributed by atoms with Gasteiger partial charge in [-0.3, -0.25) is 0 Å². The van der Waals surface area contributed by atoms with Crippen molar-refractivity contribution < 1.29 is 0 Å². The summed E-state index contributed by atoms with van der Waals surface area (Å²) in [7, 11) is 0. The highest BCUT2D eigenvalue weighted by Crippen LogP contribution is 2.31. The van der Waals surface area contributed by atoms with Gasteiger partial charge in [-0.25, -0.2) is 0 Å². The molecule has 3 aromatic rings. The quantitative estimate of drug-likeness (QED) is 0.719. The van der Waals surface area contributed by atoms with E-state index >= 15 is 0 Å². The number of H-pyrrole nitrogens is 1. The van der Waals surface area contributed by atoms with Crippen LogP contribution in [0.15, 0.2) is 42.5 Å². The normalized spacial score (nSPS) is 13.2. The van der Waals surface area contributed by atoms with E-state index in [2.05, 4.69) is 34.6 Å². The highest BCUT2D eigenvalue weighted by Gasteiger charge is 2.15. The van der Waals surface area contributed by atoms with E-state index in [1.807, 2.05) is 24.3 Å². The summed E-state index contributed by atoms with van der Waals surface area (Å²) in [5, 5.41) is 14.0. The average molecular weight is 310 g/mol. The molecular weight excluding hydrogens is 294 g/mol. The summed E-state index contributed by atoms with van der Waals surface area (Å²) in [4.78, 5) is 3.52. The van der Waals surface area contributed by atoms with E-state index in [-0.39, 0.29) is 12.4 Å². The molecule has 2 heterocycles. The van der Waals surface area contributed by atoms with Crippen LogP contribution in [0.25, 0.3) is 22.0 Å². The Morgan fingerprint density at radius 1 is 1.09 bits per heavy atom. The van der Waals surface area contributed by atoms with Crippen molar-refractivity contribution in [1.82, 2.24) is 10.3 Å². The SMILES string of the molecule is Cl.N#Cc1ccccc1-c1ccc2[nH]c3c(c2c1)CNCC3. The first-order valence-corrected chi connectivity index (χ1v) is 7.20. The molecule has 0 bridgehead atoms. The van der Waals surface area contributed by atoms with Gasteiger partial charge in [0.05, 0.1) is 11.6 Å². The maximum atomic E-state index is 9.28. The molecule has 110 valence electrons. The highest BCUT2D eigenvalue weighted by atomic mass is 35.5. The van der Waals surface area contributed by atoms with Crippen LogP contribution in [0.5, 0.6) is 0 Å². The van der Waals surface area contributed by atoms with Crippen molar-refractivity contribution >= 4 is 23.3 Å². The molecule has 4 heteroatoms. The van der Waals surface area contributed by atoms with Crippen LogP contribution in [0.1, 0.15) is 16.8 Å². The summed E-state index contributed by atoms with van der Waals surface area (Å²) in [6.07, 6.45) is 1.05. The Labute approximate surface area is 135 Å². The van der Waals surface area contributed by atoms with Crippen molar-refractivity contribution in [2.45, 2.75) is 13.0 Å². The van der Waals surface area contributed by atoms with Crippen LogP contribution >= 0.6 is 12.4 Å². The molecular formula is C18H16ClN3. The minimum absolute atomic E-state index is 0. The van der Waals surface area contributed by atoms with Crippen molar-refractivity contribution in [3.05, 3.63) is 59.3 Å². The molecule has 2 aromatic carbocycles. The Balaban J connectivity index is 0.00000144. The molecule has 2 N–H and O–H groups in total. The Hall–Kier alpha value is -2.28. The minimum atomic E-state index is 0. The predicted molar refractivity (Wildman–Crippen MR) is 91.1 cm³/mol. The molecule has 1 aromatic heterocycles. The number of aromatic nitrogens is 1. The molecule has 0 saturated carbocycles. The van der Waals surface area contributed by atoms with Crippen LogP contribution in [0, 0.1) is 11.3 Å². The monoisotopic (exact) mass is 309 g/mol. The molecule has 0 saturated heterocycles. The lowest BCUT2D eigenvalue weighted by Crippen LogP contribution is -2.22. The lowest BCUT2D eigenvalue weighted by atomic mass is 9.97. The number of fused-ring (bicyclic) bond motifs is 3. The summed E-state index contributed by atoms with van der Waals surface area (Å²) in [5.74, 6) is 0. The van der Waals surface area contributed by atoms with Crippen molar-refractivity contribution in [3.8, 4) is 17.2 Å². The van der Waals surface area contributed by atoms with E-state index in [1.54, 1.807) is 0 Å². The van der Waals surface area contributed by atoms with E-state index in [0.717, 1.165) is 36.2 Å². The fourth-order valence-corrected chi connectivity index (χ4v) is 3.15. The summed E-state index contributed by atoms with van der Waals surface area (Å²) in [6, 6.07) is 16.5. The summed E-state index contributed by atoms with van der Waals surface area (Å²) in [6.45, 7) is 1.95. The standard InChI is InChI=1S/C18H15N3.ClH/c19-10-13-3-1-2-4-14(13)12-5-6-17-15(9-12)16-11-20-8-7-18(16)21-17;/h1-6,9,20-21H,7-8,11H2;1H. The highest BCUT2D eigenvalue weighted by molar-refractivity contribution is 5.90. The number of benzene rings is 2. The van der Waals surface area contributed by atoms with Crippen molar-refractivity contribution in [2.24, 2.45) is 0 Å². The van der Waals surface area contributed by atoms with Crippen molar-refractivity contribution in [3.63, 3.8) is 0 Å². The van der Waals surface area contributed by atoms with Gasteiger partial charge in [-0.1, -0.05) is 24.3 Å². The van der Waals surface area contributed by atoms with Gasteiger partial charge in [0.1, 0.15) is 0 Å². The first kappa shape index (κ1) is 14.6. The van der Waals surface area contributed by atoms with E-state index in [1.165, 1.54) is 22.2 Å². The van der Waals surface area contributed by atoms with Crippen LogP contribution in [-0.2, 0) is 13.0 Å². The van der Waals surface area contributed by atoms with Gasteiger partial charge >= 0.3 is 0 Å². The lowest BCUT2D eigenvalue weighted by Gasteiger charge is -2.12. The Kier molecular flexibility index (Phi) is 3.89. The van der Waals surface area contributed by atoms with Crippen molar-refractivity contribution in [2.75, 3.05) is 6.54 Å². The molecule has 0 aliphatic carbocycles. The van der Waals surface area contributed by atoms with Gasteiger partial charge in [0.25, 0.3) is 0 Å². The van der Waals surface area contributed by atoms with Gasteiger partial charge in [-0.2, -0.15) is 5.26 Å². The maximum absolute atomic E-state index is 9.28. The van der Waals surface area contributed by atoms with Crippen LogP contribution in [0.2, 0.25) is 0 Å². The van der Waals surface area contributed by atoms with Crippen LogP contribution in [0.4, 0.5) is 0 Å². The van der Waals surface area contributed by atoms with Crippen molar-refractivity contribution in [1.29, 1.82) is 5.26 Å². The number of halogens is 1. The molecule has 0 fully saturated rings. The molecule has 3 nitrogen and oxygen atoms in total. The average Bonchev–Trinajstić information content (AvgIpc) is 2.92. The second kappa shape index (κ2) is 5.84. The number of nitriles is 1. The molecule has 0 spiro atoms. The third-order valence-electron chi connectivity index (χ3n) is 4.21. The predicted octanol–water partition coefficient (Wildman–Crippen LogP) is 3.77. The topological polar surface area (TPSA) is 51.6 Å². The molecule has 1 aliphatic heterocycles. The number of rotatable bonds is 1. The minimum Gasteiger partial charge on any atom is -0.358 e. The second-order valence-electron chi connectivity index (χ2n) is 5.43. The van der Waals surface area contributed by atoms with Crippen LogP contribution < -0.4 is 5.32 Å². The number of aromatic amines is 1. The number of hydrogen-bond donors (Lipinski definition) is 2. The third-order valence-corrected chi connectivity index (χ3v) is 4.21. The van der Waals surface area contributed by atoms with E-state index < -0.39 is 0 Å². The maximum Gasteiger partial charge on any atom is 0.0998 e. The molecule has 0 radical (unpaired) electrons. The van der Waals surface area contributed by atoms with Gasteiger partial charge in [0.15, 0.2) is 0 Å². The summed E-state index contributed by atoms with van der Waals surface area (Å²) >= 11 is 0. The molecule has 0 atom stereocenters. The molecule has 22 heavy (non-hydrogen) atoms. The van der Waals surface area contributed by atoms with E-state index in [4.69, 9.17) is 0 Å².